The summed E-state index contributed by atoms with van der Waals surface area (Å²) < 4.78 is 16.2. The highest BCUT2D eigenvalue weighted by atomic mass is 79.9. The van der Waals surface area contributed by atoms with Gasteiger partial charge < -0.3 is 9.88 Å². The molecule has 1 N–H and O–H groups in total. The van der Waals surface area contributed by atoms with Crippen LogP contribution in [0.4, 0.5) is 4.39 Å². The molecule has 0 fully saturated rings. The third kappa shape index (κ3) is 3.88. The quantitative estimate of drug-likeness (QED) is 0.881. The molecular weight excluding hydrogens is 309 g/mol. The number of hydrogen-bond acceptors (Lipinski definition) is 2. The van der Waals surface area contributed by atoms with Gasteiger partial charge in [0.15, 0.2) is 0 Å². The molecule has 1 heterocycles. The van der Waals surface area contributed by atoms with E-state index in [1.807, 2.05) is 12.4 Å². The van der Waals surface area contributed by atoms with Gasteiger partial charge >= 0.3 is 0 Å². The smallest absolute Gasteiger partial charge is 0.123 e. The van der Waals surface area contributed by atoms with E-state index in [0.717, 1.165) is 28.8 Å². The molecule has 2 aromatic rings. The molecule has 2 rings (SSSR count). The summed E-state index contributed by atoms with van der Waals surface area (Å²) in [5.41, 5.74) is 0.911. The molecule has 0 amide bonds. The van der Waals surface area contributed by atoms with Gasteiger partial charge in [-0.2, -0.15) is 0 Å². The lowest BCUT2D eigenvalue weighted by Crippen LogP contribution is -2.17. The number of halogens is 2. The standard InChI is InChI=1S/C14H17BrFN3/c1-2-6-19-7-5-18-14(19)10-17-9-11-8-12(16)3-4-13(11)15/h3-5,7-8,17H,2,6,9-10H2,1H3. The zero-order valence-electron chi connectivity index (χ0n) is 10.9. The molecule has 1 aromatic carbocycles. The van der Waals surface area contributed by atoms with E-state index < -0.39 is 0 Å². The van der Waals surface area contributed by atoms with Crippen LogP contribution in [0.2, 0.25) is 0 Å². The van der Waals surface area contributed by atoms with Crippen LogP contribution in [-0.2, 0) is 19.6 Å². The van der Waals surface area contributed by atoms with Crippen LogP contribution in [0.1, 0.15) is 24.7 Å². The van der Waals surface area contributed by atoms with E-state index in [1.54, 1.807) is 6.07 Å². The number of imidazole rings is 1. The molecule has 0 spiro atoms. The van der Waals surface area contributed by atoms with Crippen molar-refractivity contribution >= 4 is 15.9 Å². The summed E-state index contributed by atoms with van der Waals surface area (Å²) in [6.45, 7) is 4.40. The number of aryl methyl sites for hydroxylation is 1. The SMILES string of the molecule is CCCn1ccnc1CNCc1cc(F)ccc1Br. The van der Waals surface area contributed by atoms with Crippen LogP contribution in [-0.4, -0.2) is 9.55 Å². The number of hydrogen-bond donors (Lipinski definition) is 1. The van der Waals surface area contributed by atoms with Gasteiger partial charge in [-0.05, 0) is 30.2 Å². The predicted molar refractivity (Wildman–Crippen MR) is 77.2 cm³/mol. The van der Waals surface area contributed by atoms with Gasteiger partial charge in [-0.3, -0.25) is 0 Å². The molecule has 0 atom stereocenters. The Morgan fingerprint density at radius 2 is 2.21 bits per heavy atom. The van der Waals surface area contributed by atoms with Crippen molar-refractivity contribution in [1.29, 1.82) is 0 Å². The lowest BCUT2D eigenvalue weighted by atomic mass is 10.2. The van der Waals surface area contributed by atoms with Gasteiger partial charge in [0.2, 0.25) is 0 Å². The van der Waals surface area contributed by atoms with Crippen molar-refractivity contribution in [3.05, 3.63) is 52.3 Å². The number of nitrogens with zero attached hydrogens (tertiary/aromatic N) is 2. The first-order chi connectivity index (χ1) is 9.20. The first-order valence-corrected chi connectivity index (χ1v) is 7.14. The Morgan fingerprint density at radius 1 is 1.37 bits per heavy atom. The minimum Gasteiger partial charge on any atom is -0.334 e. The Bertz CT molecular complexity index is 539. The minimum atomic E-state index is -0.215. The van der Waals surface area contributed by atoms with Gasteiger partial charge in [-0.15, -0.1) is 0 Å². The minimum absolute atomic E-state index is 0.215. The first-order valence-electron chi connectivity index (χ1n) is 6.35. The van der Waals surface area contributed by atoms with Crippen LogP contribution in [0.5, 0.6) is 0 Å². The molecule has 3 nitrogen and oxygen atoms in total. The van der Waals surface area contributed by atoms with E-state index in [4.69, 9.17) is 0 Å². The molecule has 102 valence electrons. The molecular formula is C14H17BrFN3. The molecule has 5 heteroatoms. The number of benzene rings is 1. The summed E-state index contributed by atoms with van der Waals surface area (Å²) in [6, 6.07) is 4.71. The van der Waals surface area contributed by atoms with Crippen LogP contribution in [0.3, 0.4) is 0 Å². The Labute approximate surface area is 121 Å². The van der Waals surface area contributed by atoms with Gasteiger partial charge in [0, 0.05) is 30.0 Å². The van der Waals surface area contributed by atoms with E-state index in [1.165, 1.54) is 12.1 Å². The van der Waals surface area contributed by atoms with E-state index in [0.29, 0.717) is 13.1 Å². The molecule has 19 heavy (non-hydrogen) atoms. The maximum absolute atomic E-state index is 13.1. The summed E-state index contributed by atoms with van der Waals surface area (Å²) in [6.07, 6.45) is 4.88. The third-order valence-corrected chi connectivity index (χ3v) is 3.65. The van der Waals surface area contributed by atoms with Gasteiger partial charge in [0.1, 0.15) is 11.6 Å². The molecule has 0 saturated carbocycles. The Morgan fingerprint density at radius 3 is 3.00 bits per heavy atom. The van der Waals surface area contributed by atoms with Crippen molar-refractivity contribution < 1.29 is 4.39 Å². The van der Waals surface area contributed by atoms with Gasteiger partial charge in [0.05, 0.1) is 6.54 Å². The van der Waals surface area contributed by atoms with Crippen LogP contribution < -0.4 is 5.32 Å². The van der Waals surface area contributed by atoms with Crippen molar-refractivity contribution in [1.82, 2.24) is 14.9 Å². The second-order valence-electron chi connectivity index (χ2n) is 4.38. The van der Waals surface area contributed by atoms with Crippen molar-refractivity contribution in [3.63, 3.8) is 0 Å². The number of rotatable bonds is 6. The van der Waals surface area contributed by atoms with E-state index in [2.05, 4.69) is 37.7 Å². The highest BCUT2D eigenvalue weighted by Crippen LogP contribution is 2.17. The number of aromatic nitrogens is 2. The van der Waals surface area contributed by atoms with E-state index in [-0.39, 0.29) is 5.82 Å². The molecule has 0 saturated heterocycles. The molecule has 0 bridgehead atoms. The lowest BCUT2D eigenvalue weighted by molar-refractivity contribution is 0.584. The van der Waals surface area contributed by atoms with E-state index >= 15 is 0 Å². The van der Waals surface area contributed by atoms with Gasteiger partial charge in [-0.1, -0.05) is 22.9 Å². The van der Waals surface area contributed by atoms with Gasteiger partial charge in [0.25, 0.3) is 0 Å². The Kier molecular flexibility index (Phi) is 5.10. The van der Waals surface area contributed by atoms with Crippen LogP contribution in [0.25, 0.3) is 0 Å². The van der Waals surface area contributed by atoms with Crippen molar-refractivity contribution in [2.24, 2.45) is 0 Å². The summed E-state index contributed by atoms with van der Waals surface area (Å²) in [4.78, 5) is 4.32. The Hall–Kier alpha value is -1.20. The molecule has 1 aromatic heterocycles. The fourth-order valence-electron chi connectivity index (χ4n) is 1.94. The lowest BCUT2D eigenvalue weighted by Gasteiger charge is -2.09. The molecule has 0 aliphatic heterocycles. The average molecular weight is 326 g/mol. The Balaban J connectivity index is 1.92. The maximum atomic E-state index is 13.1. The van der Waals surface area contributed by atoms with Crippen LogP contribution in [0, 0.1) is 5.82 Å². The maximum Gasteiger partial charge on any atom is 0.123 e. The third-order valence-electron chi connectivity index (χ3n) is 2.87. The predicted octanol–water partition coefficient (Wildman–Crippen LogP) is 3.48. The fourth-order valence-corrected chi connectivity index (χ4v) is 2.33. The monoisotopic (exact) mass is 325 g/mol. The van der Waals surface area contributed by atoms with Gasteiger partial charge in [-0.25, -0.2) is 9.37 Å². The summed E-state index contributed by atoms with van der Waals surface area (Å²) in [7, 11) is 0. The fraction of sp³-hybridized carbons (Fsp3) is 0.357. The summed E-state index contributed by atoms with van der Waals surface area (Å²) >= 11 is 3.42. The van der Waals surface area contributed by atoms with E-state index in [9.17, 15) is 4.39 Å². The molecule has 0 unspecified atom stereocenters. The van der Waals surface area contributed by atoms with Crippen molar-refractivity contribution in [3.8, 4) is 0 Å². The molecule has 0 radical (unpaired) electrons. The van der Waals surface area contributed by atoms with Crippen LogP contribution >= 0.6 is 15.9 Å². The highest BCUT2D eigenvalue weighted by molar-refractivity contribution is 9.10. The number of nitrogens with one attached hydrogen (secondary N) is 1. The van der Waals surface area contributed by atoms with Crippen molar-refractivity contribution in [2.75, 3.05) is 0 Å². The second kappa shape index (κ2) is 6.82. The zero-order chi connectivity index (χ0) is 13.7. The molecule has 0 aliphatic rings. The molecule has 0 aliphatic carbocycles. The van der Waals surface area contributed by atoms with Crippen LogP contribution in [0.15, 0.2) is 35.1 Å². The average Bonchev–Trinajstić information content (AvgIpc) is 2.82. The first kappa shape index (κ1) is 14.2. The van der Waals surface area contributed by atoms with Crippen molar-refractivity contribution in [2.45, 2.75) is 33.0 Å². The second-order valence-corrected chi connectivity index (χ2v) is 5.23. The zero-order valence-corrected chi connectivity index (χ0v) is 12.5. The highest BCUT2D eigenvalue weighted by Gasteiger charge is 2.04. The normalized spacial score (nSPS) is 10.9. The topological polar surface area (TPSA) is 29.9 Å². The summed E-state index contributed by atoms with van der Waals surface area (Å²) in [5, 5.41) is 3.29. The largest absolute Gasteiger partial charge is 0.334 e. The summed E-state index contributed by atoms with van der Waals surface area (Å²) in [5.74, 6) is 0.793.